The predicted octanol–water partition coefficient (Wildman–Crippen LogP) is 0.838. The summed E-state index contributed by atoms with van der Waals surface area (Å²) in [6.45, 7) is 0.497. The Kier molecular flexibility index (Phi) is 3.19. The van der Waals surface area contributed by atoms with Crippen molar-refractivity contribution in [3.05, 3.63) is 37.1 Å². The Hall–Kier alpha value is -0.930. The summed E-state index contributed by atoms with van der Waals surface area (Å²) in [7, 11) is 5.46. The van der Waals surface area contributed by atoms with Gasteiger partial charge >= 0.3 is 0 Å². The zero-order valence-corrected chi connectivity index (χ0v) is 7.14. The van der Waals surface area contributed by atoms with E-state index in [1.165, 1.54) is 0 Å². The first-order chi connectivity index (χ1) is 5.70. The van der Waals surface area contributed by atoms with E-state index in [4.69, 9.17) is 0 Å². The maximum atomic E-state index is 9.55. The molecule has 12 heavy (non-hydrogen) atoms. The second-order valence-electron chi connectivity index (χ2n) is 2.81. The van der Waals surface area contributed by atoms with Gasteiger partial charge in [0, 0.05) is 19.8 Å². The van der Waals surface area contributed by atoms with Crippen molar-refractivity contribution in [3.63, 3.8) is 0 Å². The molecule has 0 aromatic carbocycles. The Balaban J connectivity index is 2.59. The Labute approximate surface area is 72.7 Å². The lowest BCUT2D eigenvalue weighted by atomic mass is 10.2. The number of aliphatic hydroxyl groups is 1. The summed E-state index contributed by atoms with van der Waals surface area (Å²) >= 11 is 0. The number of aromatic nitrogens is 1. The molecule has 1 atom stereocenters. The summed E-state index contributed by atoms with van der Waals surface area (Å²) in [5.41, 5.74) is 0.688. The van der Waals surface area contributed by atoms with Crippen LogP contribution < -0.4 is 0 Å². The van der Waals surface area contributed by atoms with Crippen LogP contribution in [0.5, 0.6) is 0 Å². The highest BCUT2D eigenvalue weighted by atomic mass is 16.3. The maximum absolute atomic E-state index is 9.55. The molecule has 0 aliphatic heterocycles. The lowest BCUT2D eigenvalue weighted by molar-refractivity contribution is 0.140. The third-order valence-corrected chi connectivity index (χ3v) is 1.51. The third-order valence-electron chi connectivity index (χ3n) is 1.51. The van der Waals surface area contributed by atoms with Crippen LogP contribution in [0.3, 0.4) is 0 Å². The van der Waals surface area contributed by atoms with Gasteiger partial charge in [0.2, 0.25) is 0 Å². The summed E-state index contributed by atoms with van der Waals surface area (Å²) in [5.74, 6) is 0. The average Bonchev–Trinajstić information content (AvgIpc) is 2.05. The number of hydrogen-bond donors (Lipinski definition) is 1. The van der Waals surface area contributed by atoms with Gasteiger partial charge < -0.3 is 10.0 Å². The quantitative estimate of drug-likeness (QED) is 0.721. The number of aliphatic hydroxyl groups excluding tert-OH is 1. The molecule has 3 nitrogen and oxygen atoms in total. The number of hydrogen-bond acceptors (Lipinski definition) is 3. The molecule has 1 rings (SSSR count). The lowest BCUT2D eigenvalue weighted by Gasteiger charge is -2.14. The highest BCUT2D eigenvalue weighted by Crippen LogP contribution is 2.08. The van der Waals surface area contributed by atoms with E-state index in [2.05, 4.69) is 12.0 Å². The monoisotopic (exact) mass is 165 g/mol. The molecule has 1 N–H and O–H groups in total. The summed E-state index contributed by atoms with van der Waals surface area (Å²) in [6.07, 6.45) is 1.12. The van der Waals surface area contributed by atoms with Crippen molar-refractivity contribution in [2.45, 2.75) is 6.10 Å². The highest BCUT2D eigenvalue weighted by Gasteiger charge is 2.08. The van der Waals surface area contributed by atoms with E-state index in [1.807, 2.05) is 19.2 Å². The van der Waals surface area contributed by atoms with Gasteiger partial charge in [-0.15, -0.1) is 0 Å². The fraction of sp³-hybridized carbons (Fsp3) is 0.333. The van der Waals surface area contributed by atoms with Crippen molar-refractivity contribution < 1.29 is 5.11 Å². The molecule has 1 aromatic heterocycles. The largest absolute Gasteiger partial charge is 0.385 e. The minimum atomic E-state index is -0.548. The second-order valence-corrected chi connectivity index (χ2v) is 2.81. The first-order valence-electron chi connectivity index (χ1n) is 3.81. The molecule has 1 aromatic rings. The van der Waals surface area contributed by atoms with Crippen LogP contribution in [0.15, 0.2) is 24.4 Å². The molecular weight excluding hydrogens is 152 g/mol. The molecule has 0 aliphatic carbocycles. The number of nitrogens with zero attached hydrogens (tertiary/aromatic N) is 2. The van der Waals surface area contributed by atoms with Crippen molar-refractivity contribution in [1.82, 2.24) is 9.88 Å². The summed E-state index contributed by atoms with van der Waals surface area (Å²) in [4.78, 5) is 5.71. The molecule has 0 spiro atoms. The Bertz CT molecular complexity index is 223. The molecule has 65 valence electrons. The van der Waals surface area contributed by atoms with Crippen LogP contribution in [0.25, 0.3) is 0 Å². The number of likely N-dealkylation sites (N-methyl/N-ethyl adjacent to an activating group) is 1. The molecule has 0 bridgehead atoms. The first kappa shape index (κ1) is 9.16. The van der Waals surface area contributed by atoms with Crippen molar-refractivity contribution in [3.8, 4) is 0 Å². The van der Waals surface area contributed by atoms with E-state index in [-0.39, 0.29) is 0 Å². The second kappa shape index (κ2) is 4.18. The van der Waals surface area contributed by atoms with Gasteiger partial charge in [-0.1, -0.05) is 6.07 Å². The summed E-state index contributed by atoms with van der Waals surface area (Å²) in [5, 5.41) is 9.55. The van der Waals surface area contributed by atoms with Gasteiger partial charge in [0.25, 0.3) is 0 Å². The molecule has 1 radical (unpaired) electrons. The SMILES string of the molecule is [CH2]N(C)C[C@@H](O)c1ccccn1. The van der Waals surface area contributed by atoms with Crippen LogP contribution in [0, 0.1) is 7.05 Å². The molecule has 0 saturated heterocycles. The molecular formula is C9H13N2O. The zero-order valence-electron chi connectivity index (χ0n) is 7.14. The minimum absolute atomic E-state index is 0.497. The number of pyridine rings is 1. The van der Waals surface area contributed by atoms with Gasteiger partial charge in [-0.3, -0.25) is 4.98 Å². The molecule has 0 amide bonds. The Morgan fingerprint density at radius 3 is 2.92 bits per heavy atom. The van der Waals surface area contributed by atoms with E-state index >= 15 is 0 Å². The van der Waals surface area contributed by atoms with Crippen molar-refractivity contribution in [1.29, 1.82) is 0 Å². The van der Waals surface area contributed by atoms with E-state index in [1.54, 1.807) is 17.2 Å². The molecule has 0 unspecified atom stereocenters. The molecule has 0 fully saturated rings. The average molecular weight is 165 g/mol. The smallest absolute Gasteiger partial charge is 0.109 e. The molecule has 0 saturated carbocycles. The molecule has 0 aliphatic rings. The van der Waals surface area contributed by atoms with Gasteiger partial charge in [-0.2, -0.15) is 0 Å². The van der Waals surface area contributed by atoms with E-state index in [9.17, 15) is 5.11 Å². The van der Waals surface area contributed by atoms with Crippen molar-refractivity contribution >= 4 is 0 Å². The van der Waals surface area contributed by atoms with Crippen LogP contribution in [0.1, 0.15) is 11.8 Å². The van der Waals surface area contributed by atoms with Crippen LogP contribution >= 0.6 is 0 Å². The van der Waals surface area contributed by atoms with Crippen molar-refractivity contribution in [2.75, 3.05) is 13.6 Å². The summed E-state index contributed by atoms with van der Waals surface area (Å²) < 4.78 is 0. The highest BCUT2D eigenvalue weighted by molar-refractivity contribution is 5.06. The van der Waals surface area contributed by atoms with E-state index in [0.717, 1.165) is 0 Å². The van der Waals surface area contributed by atoms with Crippen LogP contribution in [-0.2, 0) is 0 Å². The topological polar surface area (TPSA) is 36.4 Å². The van der Waals surface area contributed by atoms with E-state index in [0.29, 0.717) is 12.2 Å². The predicted molar refractivity (Wildman–Crippen MR) is 47.2 cm³/mol. The summed E-state index contributed by atoms with van der Waals surface area (Å²) in [6, 6.07) is 5.48. The first-order valence-corrected chi connectivity index (χ1v) is 3.81. The van der Waals surface area contributed by atoms with Gasteiger partial charge in [0.1, 0.15) is 6.10 Å². The van der Waals surface area contributed by atoms with Gasteiger partial charge in [0.15, 0.2) is 0 Å². The fourth-order valence-electron chi connectivity index (χ4n) is 0.962. The lowest BCUT2D eigenvalue weighted by Crippen LogP contribution is -2.18. The van der Waals surface area contributed by atoms with Crippen LogP contribution in [0.4, 0.5) is 0 Å². The standard InChI is InChI=1S/C9H13N2O/c1-11(2)7-9(12)8-5-3-4-6-10-8/h3-6,9,12H,1,7H2,2H3/t9-/m1/s1. The van der Waals surface area contributed by atoms with Crippen LogP contribution in [0.2, 0.25) is 0 Å². The normalized spacial score (nSPS) is 13.3. The Morgan fingerprint density at radius 2 is 2.42 bits per heavy atom. The molecule has 1 heterocycles. The molecule has 3 heteroatoms. The zero-order chi connectivity index (χ0) is 8.97. The maximum Gasteiger partial charge on any atom is 0.109 e. The van der Waals surface area contributed by atoms with Gasteiger partial charge in [0.05, 0.1) is 5.69 Å². The fourth-order valence-corrected chi connectivity index (χ4v) is 0.962. The third kappa shape index (κ3) is 2.60. The van der Waals surface area contributed by atoms with Gasteiger partial charge in [-0.25, -0.2) is 0 Å². The minimum Gasteiger partial charge on any atom is -0.385 e. The number of rotatable bonds is 3. The van der Waals surface area contributed by atoms with Gasteiger partial charge in [-0.05, 0) is 19.2 Å². The Morgan fingerprint density at radius 1 is 1.67 bits per heavy atom. The van der Waals surface area contributed by atoms with Crippen LogP contribution in [-0.4, -0.2) is 28.6 Å². The van der Waals surface area contributed by atoms with E-state index < -0.39 is 6.10 Å². The van der Waals surface area contributed by atoms with Crippen molar-refractivity contribution in [2.24, 2.45) is 0 Å².